The molecule has 2 aromatic rings. The summed E-state index contributed by atoms with van der Waals surface area (Å²) in [4.78, 5) is 24.3. The summed E-state index contributed by atoms with van der Waals surface area (Å²) in [6.07, 6.45) is 5.34. The first-order chi connectivity index (χ1) is 12.6. The lowest BCUT2D eigenvalue weighted by atomic mass is 9.93. The fourth-order valence-corrected chi connectivity index (χ4v) is 3.13. The average molecular weight is 356 g/mol. The third kappa shape index (κ3) is 4.84. The van der Waals surface area contributed by atoms with Crippen LogP contribution in [-0.4, -0.2) is 25.2 Å². The molecule has 2 rings (SSSR count). The number of benzene rings is 2. The third-order valence-electron chi connectivity index (χ3n) is 4.42. The molecule has 0 radical (unpaired) electrons. The van der Waals surface area contributed by atoms with Crippen LogP contribution in [0.4, 0.5) is 0 Å². The van der Waals surface area contributed by atoms with Crippen molar-refractivity contribution in [3.8, 4) is 0 Å². The van der Waals surface area contributed by atoms with Crippen molar-refractivity contribution in [2.24, 2.45) is 0 Å². The highest BCUT2D eigenvalue weighted by Gasteiger charge is 2.16. The minimum Gasteiger partial charge on any atom is -0.462 e. The quantitative estimate of drug-likeness (QED) is 0.451. The summed E-state index contributed by atoms with van der Waals surface area (Å²) < 4.78 is 10.3. The van der Waals surface area contributed by atoms with Crippen LogP contribution in [0.5, 0.6) is 0 Å². The third-order valence-corrected chi connectivity index (χ3v) is 4.42. The second kappa shape index (κ2) is 9.95. The molecule has 0 atom stereocenters. The molecule has 0 aliphatic carbocycles. The lowest BCUT2D eigenvalue weighted by Crippen LogP contribution is -2.09. The van der Waals surface area contributed by atoms with Crippen molar-refractivity contribution in [2.75, 3.05) is 13.2 Å². The van der Waals surface area contributed by atoms with E-state index in [1.54, 1.807) is 13.0 Å². The van der Waals surface area contributed by atoms with Crippen LogP contribution >= 0.6 is 0 Å². The molecular weight excluding hydrogens is 328 g/mol. The molecule has 0 N–H and O–H groups in total. The summed E-state index contributed by atoms with van der Waals surface area (Å²) >= 11 is 0. The molecule has 26 heavy (non-hydrogen) atoms. The number of hydrogen-bond acceptors (Lipinski definition) is 4. The Kier molecular flexibility index (Phi) is 7.64. The van der Waals surface area contributed by atoms with Gasteiger partial charge in [-0.05, 0) is 61.2 Å². The Morgan fingerprint density at radius 3 is 2.27 bits per heavy atom. The Bertz CT molecular complexity index is 764. The summed E-state index contributed by atoms with van der Waals surface area (Å²) in [6, 6.07) is 9.20. The molecule has 0 aromatic heterocycles. The van der Waals surface area contributed by atoms with Crippen LogP contribution in [0.1, 0.15) is 72.7 Å². The van der Waals surface area contributed by atoms with Crippen molar-refractivity contribution >= 4 is 22.7 Å². The number of esters is 2. The number of ether oxygens (including phenoxy) is 2. The summed E-state index contributed by atoms with van der Waals surface area (Å²) in [5.41, 5.74) is 2.16. The van der Waals surface area contributed by atoms with Crippen molar-refractivity contribution in [2.45, 2.75) is 52.9 Å². The smallest absolute Gasteiger partial charge is 0.338 e. The van der Waals surface area contributed by atoms with Gasteiger partial charge in [0, 0.05) is 0 Å². The zero-order chi connectivity index (χ0) is 18.9. The van der Waals surface area contributed by atoms with Crippen LogP contribution in [0, 0.1) is 0 Å². The van der Waals surface area contributed by atoms with Gasteiger partial charge in [0.05, 0.1) is 24.3 Å². The van der Waals surface area contributed by atoms with Gasteiger partial charge in [-0.2, -0.15) is 0 Å². The molecule has 0 amide bonds. The van der Waals surface area contributed by atoms with Crippen LogP contribution in [0.25, 0.3) is 10.8 Å². The van der Waals surface area contributed by atoms with E-state index in [4.69, 9.17) is 9.47 Å². The lowest BCUT2D eigenvalue weighted by Gasteiger charge is -2.13. The highest BCUT2D eigenvalue weighted by atomic mass is 16.5. The van der Waals surface area contributed by atoms with Crippen molar-refractivity contribution in [1.29, 1.82) is 0 Å². The van der Waals surface area contributed by atoms with E-state index in [1.165, 1.54) is 12.8 Å². The van der Waals surface area contributed by atoms with Gasteiger partial charge in [-0.1, -0.05) is 38.3 Å². The molecular formula is C22H28O4. The van der Waals surface area contributed by atoms with Gasteiger partial charge >= 0.3 is 11.9 Å². The number of aryl methyl sites for hydroxylation is 1. The molecule has 0 saturated heterocycles. The fourth-order valence-electron chi connectivity index (χ4n) is 3.13. The molecule has 0 aliphatic heterocycles. The van der Waals surface area contributed by atoms with E-state index in [9.17, 15) is 9.59 Å². The number of carbonyl (C=O) groups is 2. The minimum absolute atomic E-state index is 0.283. The van der Waals surface area contributed by atoms with Gasteiger partial charge in [-0.25, -0.2) is 9.59 Å². The number of hydrogen-bond donors (Lipinski definition) is 0. The summed E-state index contributed by atoms with van der Waals surface area (Å²) in [7, 11) is 0. The molecule has 0 fully saturated rings. The Balaban J connectivity index is 2.42. The van der Waals surface area contributed by atoms with Gasteiger partial charge in [0.1, 0.15) is 0 Å². The van der Waals surface area contributed by atoms with E-state index in [1.807, 2.05) is 31.2 Å². The van der Waals surface area contributed by atoms with E-state index >= 15 is 0 Å². The Morgan fingerprint density at radius 1 is 0.846 bits per heavy atom. The SMILES string of the molecule is CCCCCCc1c(C(=O)OCC)ccc2cc(C(=O)OCC)ccc12. The van der Waals surface area contributed by atoms with Gasteiger partial charge in [0.15, 0.2) is 0 Å². The van der Waals surface area contributed by atoms with Crippen LogP contribution in [0.3, 0.4) is 0 Å². The summed E-state index contributed by atoms with van der Waals surface area (Å²) in [5, 5.41) is 1.94. The van der Waals surface area contributed by atoms with Crippen LogP contribution in [-0.2, 0) is 15.9 Å². The van der Waals surface area contributed by atoms with E-state index < -0.39 is 0 Å². The van der Waals surface area contributed by atoms with Crippen molar-refractivity contribution in [3.63, 3.8) is 0 Å². The second-order valence-corrected chi connectivity index (χ2v) is 6.28. The molecule has 4 heteroatoms. The van der Waals surface area contributed by atoms with Crippen LogP contribution in [0.15, 0.2) is 30.3 Å². The standard InChI is InChI=1S/C22H28O4/c1-4-7-8-9-10-19-18-13-12-17(21(23)25-5-2)15-16(18)11-14-20(19)22(24)26-6-3/h11-15H,4-10H2,1-3H3. The first-order valence-corrected chi connectivity index (χ1v) is 9.52. The summed E-state index contributed by atoms with van der Waals surface area (Å²) in [6.45, 7) is 6.48. The fraction of sp³-hybridized carbons (Fsp3) is 0.455. The maximum Gasteiger partial charge on any atom is 0.338 e. The monoisotopic (exact) mass is 356 g/mol. The van der Waals surface area contributed by atoms with E-state index in [-0.39, 0.29) is 11.9 Å². The maximum atomic E-state index is 12.4. The second-order valence-electron chi connectivity index (χ2n) is 6.28. The highest BCUT2D eigenvalue weighted by Crippen LogP contribution is 2.27. The first-order valence-electron chi connectivity index (χ1n) is 9.52. The van der Waals surface area contributed by atoms with Gasteiger partial charge in [-0.15, -0.1) is 0 Å². The predicted molar refractivity (Wildman–Crippen MR) is 104 cm³/mol. The predicted octanol–water partition coefficient (Wildman–Crippen LogP) is 5.32. The van der Waals surface area contributed by atoms with Gasteiger partial charge in [-0.3, -0.25) is 0 Å². The maximum absolute atomic E-state index is 12.4. The molecule has 2 aromatic carbocycles. The molecule has 4 nitrogen and oxygen atoms in total. The molecule has 0 unspecified atom stereocenters. The number of carbonyl (C=O) groups excluding carboxylic acids is 2. The zero-order valence-electron chi connectivity index (χ0n) is 16.0. The lowest BCUT2D eigenvalue weighted by molar-refractivity contribution is 0.0516. The Morgan fingerprint density at radius 2 is 1.58 bits per heavy atom. The molecule has 0 heterocycles. The number of unbranched alkanes of at least 4 members (excludes halogenated alkanes) is 3. The van der Waals surface area contributed by atoms with Crippen molar-refractivity contribution in [3.05, 3.63) is 47.0 Å². The molecule has 0 spiro atoms. The van der Waals surface area contributed by atoms with Crippen molar-refractivity contribution in [1.82, 2.24) is 0 Å². The topological polar surface area (TPSA) is 52.6 Å². The Hall–Kier alpha value is -2.36. The van der Waals surface area contributed by atoms with Gasteiger partial charge < -0.3 is 9.47 Å². The largest absolute Gasteiger partial charge is 0.462 e. The highest BCUT2D eigenvalue weighted by molar-refractivity contribution is 6.01. The van der Waals surface area contributed by atoms with E-state index in [0.717, 1.165) is 35.6 Å². The minimum atomic E-state index is -0.326. The normalized spacial score (nSPS) is 10.7. The molecule has 0 saturated carbocycles. The first kappa shape index (κ1) is 20.0. The zero-order valence-corrected chi connectivity index (χ0v) is 16.0. The number of rotatable bonds is 9. The number of fused-ring (bicyclic) bond motifs is 1. The van der Waals surface area contributed by atoms with E-state index in [0.29, 0.717) is 24.3 Å². The van der Waals surface area contributed by atoms with Crippen molar-refractivity contribution < 1.29 is 19.1 Å². The Labute approximate surface area is 155 Å². The average Bonchev–Trinajstić information content (AvgIpc) is 2.65. The molecule has 0 bridgehead atoms. The van der Waals surface area contributed by atoms with Crippen LogP contribution < -0.4 is 0 Å². The van der Waals surface area contributed by atoms with E-state index in [2.05, 4.69) is 6.92 Å². The molecule has 140 valence electrons. The van der Waals surface area contributed by atoms with Crippen LogP contribution in [0.2, 0.25) is 0 Å². The summed E-state index contributed by atoms with van der Waals surface area (Å²) in [5.74, 6) is -0.609. The van der Waals surface area contributed by atoms with Gasteiger partial charge in [0.2, 0.25) is 0 Å². The molecule has 0 aliphatic rings. The van der Waals surface area contributed by atoms with Gasteiger partial charge in [0.25, 0.3) is 0 Å².